The van der Waals surface area contributed by atoms with Gasteiger partial charge in [-0.15, -0.1) is 0 Å². The summed E-state index contributed by atoms with van der Waals surface area (Å²) in [7, 11) is 0. The van der Waals surface area contributed by atoms with Gasteiger partial charge >= 0.3 is 12.1 Å². The fraction of sp³-hybridized carbons (Fsp3) is 0.857. The Bertz CT molecular complexity index is 401. The van der Waals surface area contributed by atoms with Crippen molar-refractivity contribution < 1.29 is 27.8 Å². The van der Waals surface area contributed by atoms with Crippen molar-refractivity contribution in [3.05, 3.63) is 0 Å². The average Bonchev–Trinajstić information content (AvgIpc) is 2.21. The van der Waals surface area contributed by atoms with Gasteiger partial charge in [-0.25, -0.2) is 13.6 Å². The maximum Gasteiger partial charge on any atom is 0.407 e. The van der Waals surface area contributed by atoms with Crippen molar-refractivity contribution in [2.24, 2.45) is 5.73 Å². The molecule has 0 radical (unpaired) electrons. The molecule has 0 spiro atoms. The zero-order valence-electron chi connectivity index (χ0n) is 14.0. The number of alkyl halides is 2. The quantitative estimate of drug-likeness (QED) is 0.757. The minimum absolute atomic E-state index is 0.785. The first kappa shape index (κ1) is 20.6. The van der Waals surface area contributed by atoms with Crippen LogP contribution in [0.25, 0.3) is 0 Å². The molecule has 0 aromatic rings. The van der Waals surface area contributed by atoms with Crippen LogP contribution in [0.3, 0.4) is 0 Å². The summed E-state index contributed by atoms with van der Waals surface area (Å²) in [5.74, 6) is -4.27. The third-order valence-corrected chi connectivity index (χ3v) is 2.12. The summed E-state index contributed by atoms with van der Waals surface area (Å²) in [5.41, 5.74) is 3.83. The van der Waals surface area contributed by atoms with E-state index in [4.69, 9.17) is 15.2 Å². The Balaban J connectivity index is 4.39. The number of hydrogen-bond acceptors (Lipinski definition) is 5. The van der Waals surface area contributed by atoms with Crippen molar-refractivity contribution >= 4 is 12.1 Å². The van der Waals surface area contributed by atoms with E-state index in [1.807, 2.05) is 5.32 Å². The minimum Gasteiger partial charge on any atom is -0.459 e. The van der Waals surface area contributed by atoms with E-state index in [1.165, 1.54) is 0 Å². The lowest BCUT2D eigenvalue weighted by Crippen LogP contribution is -2.46. The molecule has 130 valence electrons. The molecule has 0 aromatic heterocycles. The normalized spacial score (nSPS) is 14.2. The van der Waals surface area contributed by atoms with Gasteiger partial charge in [-0.2, -0.15) is 0 Å². The van der Waals surface area contributed by atoms with Crippen LogP contribution in [0.2, 0.25) is 0 Å². The van der Waals surface area contributed by atoms with E-state index in [-0.39, 0.29) is 0 Å². The number of alkyl carbamates (subject to hydrolysis) is 1. The molecular formula is C14H26F2N2O4. The Labute approximate surface area is 129 Å². The van der Waals surface area contributed by atoms with Crippen LogP contribution in [0.5, 0.6) is 0 Å². The fourth-order valence-corrected chi connectivity index (χ4v) is 1.37. The Morgan fingerprint density at radius 2 is 1.50 bits per heavy atom. The molecule has 1 atom stereocenters. The number of nitrogens with two attached hydrogens (primary N) is 1. The van der Waals surface area contributed by atoms with Crippen molar-refractivity contribution in [2.75, 3.05) is 6.54 Å². The molecule has 0 aliphatic rings. The lowest BCUT2D eigenvalue weighted by Gasteiger charge is -2.25. The molecule has 0 aromatic carbocycles. The van der Waals surface area contributed by atoms with Gasteiger partial charge in [0.05, 0.1) is 6.54 Å². The highest BCUT2D eigenvalue weighted by molar-refractivity contribution is 5.76. The van der Waals surface area contributed by atoms with E-state index in [2.05, 4.69) is 0 Å². The zero-order valence-corrected chi connectivity index (χ0v) is 14.0. The molecule has 0 saturated carbocycles. The summed E-state index contributed by atoms with van der Waals surface area (Å²) in [6.07, 6.45) is -1.89. The molecule has 0 heterocycles. The first-order chi connectivity index (χ1) is 9.61. The summed E-state index contributed by atoms with van der Waals surface area (Å²) in [4.78, 5) is 22.9. The van der Waals surface area contributed by atoms with Crippen LogP contribution >= 0.6 is 0 Å². The maximum absolute atomic E-state index is 13.7. The zero-order chi connectivity index (χ0) is 17.8. The van der Waals surface area contributed by atoms with Gasteiger partial charge in [0.25, 0.3) is 5.92 Å². The Hall–Kier alpha value is -1.44. The summed E-state index contributed by atoms with van der Waals surface area (Å²) in [6.45, 7) is 8.70. The second-order valence-corrected chi connectivity index (χ2v) is 7.06. The highest BCUT2D eigenvalue weighted by atomic mass is 19.3. The topological polar surface area (TPSA) is 90.6 Å². The smallest absolute Gasteiger partial charge is 0.407 e. The highest BCUT2D eigenvalue weighted by Crippen LogP contribution is 2.20. The largest absolute Gasteiger partial charge is 0.459 e. The summed E-state index contributed by atoms with van der Waals surface area (Å²) in [6, 6.07) is -1.48. The van der Waals surface area contributed by atoms with Crippen LogP contribution in [0, 0.1) is 0 Å². The second kappa shape index (κ2) is 7.21. The van der Waals surface area contributed by atoms with Crippen LogP contribution in [-0.2, 0) is 14.3 Å². The SMILES string of the molecule is CC(C)(C)OC(=O)NCC(F)(F)C[C@H](N)C(=O)OC(C)(C)C. The number of carbonyl (C=O) groups excluding carboxylic acids is 2. The molecule has 3 N–H and O–H groups in total. The van der Waals surface area contributed by atoms with Crippen LogP contribution < -0.4 is 11.1 Å². The van der Waals surface area contributed by atoms with Crippen LogP contribution in [-0.4, -0.2) is 41.8 Å². The maximum atomic E-state index is 13.7. The number of halogens is 2. The first-order valence-electron chi connectivity index (χ1n) is 6.94. The lowest BCUT2D eigenvalue weighted by molar-refractivity contribution is -0.158. The van der Waals surface area contributed by atoms with Crippen molar-refractivity contribution in [3.63, 3.8) is 0 Å². The van der Waals surface area contributed by atoms with E-state index >= 15 is 0 Å². The number of esters is 1. The van der Waals surface area contributed by atoms with Crippen molar-refractivity contribution in [2.45, 2.75) is 71.1 Å². The van der Waals surface area contributed by atoms with Crippen molar-refractivity contribution in [3.8, 4) is 0 Å². The van der Waals surface area contributed by atoms with Crippen LogP contribution in [0.4, 0.5) is 13.6 Å². The van der Waals surface area contributed by atoms with Gasteiger partial charge in [-0.05, 0) is 41.5 Å². The van der Waals surface area contributed by atoms with Gasteiger partial charge in [-0.1, -0.05) is 0 Å². The van der Waals surface area contributed by atoms with Gasteiger partial charge in [0.1, 0.15) is 17.2 Å². The molecule has 0 aliphatic heterocycles. The Morgan fingerprint density at radius 3 is 1.91 bits per heavy atom. The number of rotatable bonds is 5. The molecule has 0 fully saturated rings. The lowest BCUT2D eigenvalue weighted by atomic mass is 10.1. The number of amides is 1. The van der Waals surface area contributed by atoms with E-state index in [9.17, 15) is 18.4 Å². The average molecular weight is 324 g/mol. The molecule has 1 amide bonds. The molecule has 0 aliphatic carbocycles. The van der Waals surface area contributed by atoms with Crippen molar-refractivity contribution in [1.82, 2.24) is 5.32 Å². The standard InChI is InChI=1S/C14H26F2N2O4/c1-12(2,3)21-10(19)9(17)7-14(15,16)8-18-11(20)22-13(4,5)6/h9H,7-8,17H2,1-6H3,(H,18,20)/t9-/m0/s1. The van der Waals surface area contributed by atoms with Gasteiger partial charge in [0.15, 0.2) is 0 Å². The van der Waals surface area contributed by atoms with Crippen LogP contribution in [0.15, 0.2) is 0 Å². The first-order valence-corrected chi connectivity index (χ1v) is 6.94. The van der Waals surface area contributed by atoms with Gasteiger partial charge in [0, 0.05) is 6.42 Å². The molecule has 22 heavy (non-hydrogen) atoms. The molecule has 0 saturated heterocycles. The third-order valence-electron chi connectivity index (χ3n) is 2.12. The summed E-state index contributed by atoms with van der Waals surface area (Å²) < 4.78 is 37.2. The number of carbonyl (C=O) groups is 2. The molecule has 0 unspecified atom stereocenters. The van der Waals surface area contributed by atoms with Gasteiger partial charge in [0.2, 0.25) is 0 Å². The predicted molar refractivity (Wildman–Crippen MR) is 77.6 cm³/mol. The third kappa shape index (κ3) is 10.3. The Kier molecular flexibility index (Phi) is 6.74. The van der Waals surface area contributed by atoms with Crippen molar-refractivity contribution in [1.29, 1.82) is 0 Å². The van der Waals surface area contributed by atoms with E-state index < -0.39 is 48.2 Å². The second-order valence-electron chi connectivity index (χ2n) is 7.06. The predicted octanol–water partition coefficient (Wildman–Crippen LogP) is 2.21. The monoisotopic (exact) mass is 324 g/mol. The minimum atomic E-state index is -3.35. The molecule has 8 heteroatoms. The molecular weight excluding hydrogens is 298 g/mol. The van der Waals surface area contributed by atoms with E-state index in [1.54, 1.807) is 41.5 Å². The number of hydrogen-bond donors (Lipinski definition) is 2. The fourth-order valence-electron chi connectivity index (χ4n) is 1.37. The van der Waals surface area contributed by atoms with E-state index in [0.717, 1.165) is 0 Å². The van der Waals surface area contributed by atoms with Crippen LogP contribution in [0.1, 0.15) is 48.0 Å². The summed E-state index contributed by atoms with van der Waals surface area (Å²) in [5, 5.41) is 1.95. The number of nitrogens with one attached hydrogen (secondary N) is 1. The molecule has 0 rings (SSSR count). The van der Waals surface area contributed by atoms with Gasteiger partial charge < -0.3 is 20.5 Å². The Morgan fingerprint density at radius 1 is 1.05 bits per heavy atom. The number of ether oxygens (including phenoxy) is 2. The van der Waals surface area contributed by atoms with E-state index in [0.29, 0.717) is 0 Å². The molecule has 6 nitrogen and oxygen atoms in total. The highest BCUT2D eigenvalue weighted by Gasteiger charge is 2.36. The summed E-state index contributed by atoms with van der Waals surface area (Å²) >= 11 is 0. The molecule has 0 bridgehead atoms. The van der Waals surface area contributed by atoms with Gasteiger partial charge in [-0.3, -0.25) is 4.79 Å².